The van der Waals surface area contributed by atoms with E-state index in [1.165, 1.54) is 25.3 Å². The van der Waals surface area contributed by atoms with Crippen LogP contribution in [0.5, 0.6) is 5.75 Å². The first kappa shape index (κ1) is 19.5. The van der Waals surface area contributed by atoms with Crippen LogP contribution in [0.15, 0.2) is 41.5 Å². The Morgan fingerprint density at radius 3 is 2.63 bits per heavy atom. The van der Waals surface area contributed by atoms with E-state index in [0.717, 1.165) is 24.3 Å². The van der Waals surface area contributed by atoms with Crippen molar-refractivity contribution in [2.24, 2.45) is 5.10 Å². The number of hydrogen-bond acceptors (Lipinski definition) is 4. The summed E-state index contributed by atoms with van der Waals surface area (Å²) in [6, 6.07) is 10.7. The van der Waals surface area contributed by atoms with Crippen molar-refractivity contribution in [2.45, 2.75) is 19.3 Å². The SMILES string of the molecule is COc1cc(N2CCCCC2)ccc1/C=N\NC(=O)c1ccc(Cl)cc1Cl. The summed E-state index contributed by atoms with van der Waals surface area (Å²) >= 11 is 11.9. The summed E-state index contributed by atoms with van der Waals surface area (Å²) in [7, 11) is 1.62. The van der Waals surface area contributed by atoms with Gasteiger partial charge in [-0.3, -0.25) is 4.79 Å². The monoisotopic (exact) mass is 405 g/mol. The van der Waals surface area contributed by atoms with Gasteiger partial charge in [0.15, 0.2) is 0 Å². The summed E-state index contributed by atoms with van der Waals surface area (Å²) < 4.78 is 5.48. The van der Waals surface area contributed by atoms with Crippen molar-refractivity contribution >= 4 is 41.0 Å². The van der Waals surface area contributed by atoms with Gasteiger partial charge >= 0.3 is 0 Å². The zero-order chi connectivity index (χ0) is 19.2. The van der Waals surface area contributed by atoms with Crippen LogP contribution in [-0.2, 0) is 0 Å². The molecule has 7 heteroatoms. The molecule has 0 spiro atoms. The Morgan fingerprint density at radius 2 is 1.93 bits per heavy atom. The molecule has 0 unspecified atom stereocenters. The van der Waals surface area contributed by atoms with Gasteiger partial charge in [0.05, 0.1) is 23.9 Å². The number of halogens is 2. The predicted octanol–water partition coefficient (Wildman–Crippen LogP) is 4.76. The van der Waals surface area contributed by atoms with E-state index in [4.69, 9.17) is 27.9 Å². The van der Waals surface area contributed by atoms with Crippen molar-refractivity contribution in [1.82, 2.24) is 5.43 Å². The van der Waals surface area contributed by atoms with Crippen LogP contribution in [0.25, 0.3) is 0 Å². The van der Waals surface area contributed by atoms with Crippen LogP contribution in [0.1, 0.15) is 35.2 Å². The zero-order valence-corrected chi connectivity index (χ0v) is 16.6. The van der Waals surface area contributed by atoms with Crippen molar-refractivity contribution < 1.29 is 9.53 Å². The number of carbonyl (C=O) groups is 1. The minimum absolute atomic E-state index is 0.277. The van der Waals surface area contributed by atoms with E-state index < -0.39 is 5.91 Å². The molecular weight excluding hydrogens is 385 g/mol. The molecule has 1 fully saturated rings. The molecule has 1 aliphatic heterocycles. The highest BCUT2D eigenvalue weighted by atomic mass is 35.5. The number of piperidine rings is 1. The molecular formula is C20H21Cl2N3O2. The quantitative estimate of drug-likeness (QED) is 0.576. The summed E-state index contributed by atoms with van der Waals surface area (Å²) in [5.41, 5.74) is 4.70. The first-order valence-corrected chi connectivity index (χ1v) is 9.55. The number of nitrogens with one attached hydrogen (secondary N) is 1. The largest absolute Gasteiger partial charge is 0.496 e. The summed E-state index contributed by atoms with van der Waals surface area (Å²) in [5, 5.41) is 4.77. The molecule has 2 aromatic carbocycles. The van der Waals surface area contributed by atoms with Crippen molar-refractivity contribution in [1.29, 1.82) is 0 Å². The zero-order valence-electron chi connectivity index (χ0n) is 15.0. The molecule has 0 bridgehead atoms. The number of anilines is 1. The van der Waals surface area contributed by atoms with Gasteiger partial charge in [0.2, 0.25) is 0 Å². The van der Waals surface area contributed by atoms with Gasteiger partial charge in [-0.25, -0.2) is 5.43 Å². The molecule has 0 atom stereocenters. The number of hydrogen-bond donors (Lipinski definition) is 1. The van der Waals surface area contributed by atoms with Gasteiger partial charge in [-0.15, -0.1) is 0 Å². The van der Waals surface area contributed by atoms with Crippen molar-refractivity contribution in [3.8, 4) is 5.75 Å². The lowest BCUT2D eigenvalue weighted by Gasteiger charge is -2.29. The fourth-order valence-corrected chi connectivity index (χ4v) is 3.54. The second-order valence-corrected chi connectivity index (χ2v) is 7.14. The number of nitrogens with zero attached hydrogens (tertiary/aromatic N) is 2. The molecule has 1 N–H and O–H groups in total. The van der Waals surface area contributed by atoms with Crippen molar-refractivity contribution in [3.05, 3.63) is 57.6 Å². The molecule has 1 aliphatic rings. The maximum Gasteiger partial charge on any atom is 0.272 e. The fraction of sp³-hybridized carbons (Fsp3) is 0.300. The molecule has 3 rings (SSSR count). The number of amides is 1. The average Bonchev–Trinajstić information content (AvgIpc) is 2.68. The summed E-state index contributed by atoms with van der Waals surface area (Å²) in [5.74, 6) is 0.303. The van der Waals surface area contributed by atoms with Gasteiger partial charge in [-0.2, -0.15) is 5.10 Å². The Bertz CT molecular complexity index is 849. The number of ether oxygens (including phenoxy) is 1. The summed E-state index contributed by atoms with van der Waals surface area (Å²) in [6.45, 7) is 2.13. The average molecular weight is 406 g/mol. The van der Waals surface area contributed by atoms with Crippen LogP contribution in [0.3, 0.4) is 0 Å². The van der Waals surface area contributed by atoms with Crippen LogP contribution in [0.4, 0.5) is 5.69 Å². The molecule has 5 nitrogen and oxygen atoms in total. The van der Waals surface area contributed by atoms with E-state index in [0.29, 0.717) is 16.3 Å². The van der Waals surface area contributed by atoms with E-state index >= 15 is 0 Å². The van der Waals surface area contributed by atoms with E-state index in [9.17, 15) is 4.79 Å². The first-order valence-electron chi connectivity index (χ1n) is 8.80. The molecule has 27 heavy (non-hydrogen) atoms. The molecule has 0 aliphatic carbocycles. The lowest BCUT2D eigenvalue weighted by Crippen LogP contribution is -2.29. The number of benzene rings is 2. The lowest BCUT2D eigenvalue weighted by atomic mass is 10.1. The first-order chi connectivity index (χ1) is 13.1. The normalized spacial score (nSPS) is 14.4. The van der Waals surface area contributed by atoms with Crippen molar-refractivity contribution in [2.75, 3.05) is 25.1 Å². The van der Waals surface area contributed by atoms with Gasteiger partial charge < -0.3 is 9.64 Å². The molecule has 1 saturated heterocycles. The third-order valence-corrected chi connectivity index (χ3v) is 5.03. The fourth-order valence-electron chi connectivity index (χ4n) is 3.05. The minimum Gasteiger partial charge on any atom is -0.496 e. The van der Waals surface area contributed by atoms with Gasteiger partial charge in [0.25, 0.3) is 5.91 Å². The Morgan fingerprint density at radius 1 is 1.15 bits per heavy atom. The molecule has 1 amide bonds. The minimum atomic E-state index is -0.406. The van der Waals surface area contributed by atoms with Gasteiger partial charge in [-0.1, -0.05) is 23.2 Å². The number of rotatable bonds is 5. The summed E-state index contributed by atoms with van der Waals surface area (Å²) in [4.78, 5) is 14.6. The van der Waals surface area contributed by atoms with Crippen molar-refractivity contribution in [3.63, 3.8) is 0 Å². The van der Waals surface area contributed by atoms with Crippen LogP contribution < -0.4 is 15.1 Å². The standard InChI is InChI=1S/C20H21Cl2N3O2/c1-27-19-12-16(25-9-3-2-4-10-25)7-5-14(19)13-23-24-20(26)17-8-6-15(21)11-18(17)22/h5-8,11-13H,2-4,9-10H2,1H3,(H,24,26)/b23-13-. The predicted molar refractivity (Wildman–Crippen MR) is 111 cm³/mol. The third kappa shape index (κ3) is 4.93. The molecule has 0 saturated carbocycles. The Balaban J connectivity index is 1.69. The van der Waals surface area contributed by atoms with Crippen LogP contribution >= 0.6 is 23.2 Å². The van der Waals surface area contributed by atoms with E-state index in [-0.39, 0.29) is 5.02 Å². The second kappa shape index (κ2) is 9.11. The van der Waals surface area contributed by atoms with Crippen LogP contribution in [-0.4, -0.2) is 32.3 Å². The third-order valence-electron chi connectivity index (χ3n) is 4.48. The molecule has 142 valence electrons. The van der Waals surface area contributed by atoms with Gasteiger partial charge in [0, 0.05) is 35.4 Å². The molecule has 1 heterocycles. The smallest absolute Gasteiger partial charge is 0.272 e. The highest BCUT2D eigenvalue weighted by molar-refractivity contribution is 6.36. The highest BCUT2D eigenvalue weighted by Crippen LogP contribution is 2.27. The maximum absolute atomic E-state index is 12.2. The highest BCUT2D eigenvalue weighted by Gasteiger charge is 2.13. The van der Waals surface area contributed by atoms with E-state index in [1.54, 1.807) is 25.5 Å². The number of methoxy groups -OCH3 is 1. The van der Waals surface area contributed by atoms with E-state index in [1.807, 2.05) is 18.2 Å². The number of carbonyl (C=O) groups excluding carboxylic acids is 1. The van der Waals surface area contributed by atoms with Crippen LogP contribution in [0, 0.1) is 0 Å². The Labute approximate surface area is 168 Å². The van der Waals surface area contributed by atoms with E-state index in [2.05, 4.69) is 15.4 Å². The molecule has 0 radical (unpaired) electrons. The van der Waals surface area contributed by atoms with Gasteiger partial charge in [-0.05, 0) is 49.6 Å². The second-order valence-electron chi connectivity index (χ2n) is 6.30. The Hall–Kier alpha value is -2.24. The molecule has 0 aromatic heterocycles. The summed E-state index contributed by atoms with van der Waals surface area (Å²) in [6.07, 6.45) is 5.27. The number of hydrazone groups is 1. The lowest BCUT2D eigenvalue weighted by molar-refractivity contribution is 0.0955. The topological polar surface area (TPSA) is 53.9 Å². The van der Waals surface area contributed by atoms with Gasteiger partial charge in [0.1, 0.15) is 5.75 Å². The Kier molecular flexibility index (Phi) is 6.58. The van der Waals surface area contributed by atoms with Crippen LogP contribution in [0.2, 0.25) is 10.0 Å². The maximum atomic E-state index is 12.2. The molecule has 2 aromatic rings.